The van der Waals surface area contributed by atoms with E-state index in [2.05, 4.69) is 6.92 Å². The normalized spacial score (nSPS) is 10.4. The zero-order chi connectivity index (χ0) is 8.36. The van der Waals surface area contributed by atoms with E-state index in [0.29, 0.717) is 0 Å². The maximum absolute atomic E-state index is 5.51. The summed E-state index contributed by atoms with van der Waals surface area (Å²) in [6.45, 7) is 3.14. The summed E-state index contributed by atoms with van der Waals surface area (Å²) in [6, 6.07) is 0. The molecule has 3 heteroatoms. The van der Waals surface area contributed by atoms with Crippen molar-refractivity contribution in [3.8, 4) is 0 Å². The van der Waals surface area contributed by atoms with Gasteiger partial charge in [0.25, 0.3) is 0 Å². The first-order chi connectivity index (χ1) is 5.41. The first-order valence-corrected chi connectivity index (χ1v) is 9.17. The van der Waals surface area contributed by atoms with Crippen LogP contribution in [-0.2, 0) is 3.07 Å². The van der Waals surface area contributed by atoms with Crippen LogP contribution < -0.4 is 0 Å². The molecule has 0 atom stereocenters. The molecule has 0 aromatic heterocycles. The van der Waals surface area contributed by atoms with Gasteiger partial charge in [-0.2, -0.15) is 0 Å². The monoisotopic (exact) mass is 284 g/mol. The molecule has 0 aliphatic heterocycles. The Morgan fingerprint density at radius 2 is 1.73 bits per heavy atom. The van der Waals surface area contributed by atoms with E-state index < -0.39 is 20.4 Å². The van der Waals surface area contributed by atoms with Crippen molar-refractivity contribution in [2.24, 2.45) is 0 Å². The molecule has 11 heavy (non-hydrogen) atoms. The van der Waals surface area contributed by atoms with Crippen molar-refractivity contribution in [1.29, 1.82) is 0 Å². The summed E-state index contributed by atoms with van der Waals surface area (Å²) in [7, 11) is 5.51. The summed E-state index contributed by atoms with van der Waals surface area (Å²) >= 11 is -0.882. The van der Waals surface area contributed by atoms with E-state index in [0.717, 1.165) is 6.61 Å². The van der Waals surface area contributed by atoms with Gasteiger partial charge in [-0.3, -0.25) is 0 Å². The Morgan fingerprint density at radius 1 is 1.09 bits per heavy atom. The van der Waals surface area contributed by atoms with E-state index in [1.165, 1.54) is 38.5 Å². The Bertz CT molecular complexity index is 63.1. The van der Waals surface area contributed by atoms with Crippen molar-refractivity contribution in [2.45, 2.75) is 45.4 Å². The van der Waals surface area contributed by atoms with E-state index in [-0.39, 0.29) is 0 Å². The molecule has 0 saturated heterocycles. The van der Waals surface area contributed by atoms with Crippen LogP contribution in [-0.4, -0.2) is 27.0 Å². The van der Waals surface area contributed by atoms with Crippen LogP contribution in [0.3, 0.4) is 0 Å². The number of unbranched alkanes of at least 4 members (excludes halogenated alkanes) is 5. The first kappa shape index (κ1) is 12.0. The van der Waals surface area contributed by atoms with Crippen molar-refractivity contribution < 1.29 is 3.07 Å². The van der Waals surface area contributed by atoms with E-state index >= 15 is 0 Å². The fourth-order valence-corrected chi connectivity index (χ4v) is 2.14. The van der Waals surface area contributed by atoms with Gasteiger partial charge in [0.05, 0.1) is 0 Å². The molecular weight excluding hydrogens is 266 g/mol. The van der Waals surface area contributed by atoms with Gasteiger partial charge in [0.2, 0.25) is 0 Å². The minimum absolute atomic E-state index is 0.882. The molecule has 0 aliphatic rings. The molecule has 0 aromatic carbocycles. The van der Waals surface area contributed by atoms with Crippen LogP contribution in [0.4, 0.5) is 0 Å². The summed E-state index contributed by atoms with van der Waals surface area (Å²) < 4.78 is 5.18. The molecule has 0 fully saturated rings. The van der Waals surface area contributed by atoms with E-state index in [9.17, 15) is 0 Å². The van der Waals surface area contributed by atoms with Gasteiger partial charge in [-0.25, -0.2) is 0 Å². The van der Waals surface area contributed by atoms with Crippen molar-refractivity contribution in [3.05, 3.63) is 0 Å². The van der Waals surface area contributed by atoms with Crippen molar-refractivity contribution in [2.75, 3.05) is 6.61 Å². The van der Waals surface area contributed by atoms with Gasteiger partial charge in [0.1, 0.15) is 0 Å². The molecule has 0 aromatic rings. The quantitative estimate of drug-likeness (QED) is 0.491. The second kappa shape index (κ2) is 11.0. The van der Waals surface area contributed by atoms with E-state index in [4.69, 9.17) is 12.0 Å². The van der Waals surface area contributed by atoms with Crippen molar-refractivity contribution in [1.82, 2.24) is 0 Å². The van der Waals surface area contributed by atoms with E-state index in [1.54, 1.807) is 0 Å². The molecule has 1 nitrogen and oxygen atoms in total. The maximum atomic E-state index is 5.51. The predicted octanol–water partition coefficient (Wildman–Crippen LogP) is 3.14. The molecule has 0 rings (SSSR count). The number of hydrogen-bond acceptors (Lipinski definition) is 1. The molecule has 0 bridgehead atoms. The molecule has 0 aliphatic carbocycles. The van der Waals surface area contributed by atoms with Crippen LogP contribution >= 0.6 is 8.92 Å². The van der Waals surface area contributed by atoms with Gasteiger partial charge < -0.3 is 0 Å². The van der Waals surface area contributed by atoms with Gasteiger partial charge in [-0.1, -0.05) is 0 Å². The summed E-state index contributed by atoms with van der Waals surface area (Å²) in [5.74, 6) is 0. The van der Waals surface area contributed by atoms with Gasteiger partial charge in [0, 0.05) is 0 Å². The van der Waals surface area contributed by atoms with Crippen LogP contribution in [0.15, 0.2) is 0 Å². The average Bonchev–Trinajstić information content (AvgIpc) is 2.03. The molecule has 0 spiro atoms. The van der Waals surface area contributed by atoms with Crippen LogP contribution in [0.5, 0.6) is 0 Å². The third kappa shape index (κ3) is 11.0. The zero-order valence-electron chi connectivity index (χ0n) is 7.24. The fourth-order valence-electron chi connectivity index (χ4n) is 0.993. The average molecular weight is 283 g/mol. The molecule has 66 valence electrons. The van der Waals surface area contributed by atoms with Gasteiger partial charge in [-0.05, 0) is 0 Å². The third-order valence-electron chi connectivity index (χ3n) is 1.65. The summed E-state index contributed by atoms with van der Waals surface area (Å²) in [5.41, 5.74) is 0. The van der Waals surface area contributed by atoms with Crippen LogP contribution in [0.25, 0.3) is 0 Å². The standard InChI is InChI=1S/C8H17O.ClH.Sn/c1-2-3-4-5-6-7-8-9;;/h2-8H2,1H3;1H;/q-1;;+2/p-1. The zero-order valence-corrected chi connectivity index (χ0v) is 10.8. The van der Waals surface area contributed by atoms with E-state index in [1.807, 2.05) is 0 Å². The Labute approximate surface area is 84.3 Å². The molecular formula is C8H17ClOSn. The molecule has 2 radical (unpaired) electrons. The first-order valence-electron chi connectivity index (χ1n) is 4.39. The van der Waals surface area contributed by atoms with Crippen LogP contribution in [0.2, 0.25) is 0 Å². The second-order valence-corrected chi connectivity index (χ2v) is 4.99. The van der Waals surface area contributed by atoms with Gasteiger partial charge in [-0.15, -0.1) is 0 Å². The van der Waals surface area contributed by atoms with Gasteiger partial charge >= 0.3 is 84.5 Å². The molecule has 0 unspecified atom stereocenters. The Kier molecular flexibility index (Phi) is 12.1. The SMILES string of the molecule is CCCCCCCC[O][Sn][Cl]. The Morgan fingerprint density at radius 3 is 2.36 bits per heavy atom. The van der Waals surface area contributed by atoms with Gasteiger partial charge in [0.15, 0.2) is 0 Å². The molecule has 0 amide bonds. The van der Waals surface area contributed by atoms with Crippen molar-refractivity contribution >= 4 is 29.4 Å². The summed E-state index contributed by atoms with van der Waals surface area (Å²) in [6.07, 6.45) is 7.98. The number of rotatable bonds is 8. The third-order valence-corrected chi connectivity index (χ3v) is 3.28. The summed E-state index contributed by atoms with van der Waals surface area (Å²) in [4.78, 5) is 0. The molecule has 0 saturated carbocycles. The van der Waals surface area contributed by atoms with Crippen LogP contribution in [0, 0.1) is 0 Å². The molecule has 0 heterocycles. The van der Waals surface area contributed by atoms with Crippen molar-refractivity contribution in [3.63, 3.8) is 0 Å². The minimum atomic E-state index is -0.882. The number of halogens is 1. The summed E-state index contributed by atoms with van der Waals surface area (Å²) in [5, 5.41) is 0. The Hall–Kier alpha value is 1.05. The Balaban J connectivity index is 2.69. The van der Waals surface area contributed by atoms with Crippen LogP contribution in [0.1, 0.15) is 45.4 Å². The second-order valence-electron chi connectivity index (χ2n) is 2.69. The molecule has 0 N–H and O–H groups in total. The predicted molar refractivity (Wildman–Crippen MR) is 50.9 cm³/mol. The number of hydrogen-bond donors (Lipinski definition) is 0. The fraction of sp³-hybridized carbons (Fsp3) is 1.00. The topological polar surface area (TPSA) is 9.23 Å².